The summed E-state index contributed by atoms with van der Waals surface area (Å²) in [5.74, 6) is 0.852. The molecule has 1 unspecified atom stereocenters. The van der Waals surface area contributed by atoms with Crippen molar-refractivity contribution in [2.45, 2.75) is 31.8 Å². The van der Waals surface area contributed by atoms with Crippen LogP contribution in [0.25, 0.3) is 0 Å². The van der Waals surface area contributed by atoms with Gasteiger partial charge < -0.3 is 14.7 Å². The first kappa shape index (κ1) is 13.4. The summed E-state index contributed by atoms with van der Waals surface area (Å²) in [4.78, 5) is 2.29. The summed E-state index contributed by atoms with van der Waals surface area (Å²) in [6.07, 6.45) is 2.68. The van der Waals surface area contributed by atoms with Crippen molar-refractivity contribution < 1.29 is 9.84 Å². The van der Waals surface area contributed by atoms with Crippen LogP contribution < -0.4 is 4.74 Å². The first-order valence-corrected chi connectivity index (χ1v) is 6.61. The number of nitrogens with zero attached hydrogens (tertiary/aromatic N) is 1. The summed E-state index contributed by atoms with van der Waals surface area (Å²) < 4.78 is 5.22. The summed E-state index contributed by atoms with van der Waals surface area (Å²) in [7, 11) is 3.79. The zero-order valence-corrected chi connectivity index (χ0v) is 11.6. The predicted molar refractivity (Wildman–Crippen MR) is 73.0 cm³/mol. The van der Waals surface area contributed by atoms with Crippen molar-refractivity contribution in [3.63, 3.8) is 0 Å². The minimum atomic E-state index is -0.679. The molecule has 18 heavy (non-hydrogen) atoms. The SMILES string of the molecule is COc1ccc(C2(O)CCCN(C)CC2)c(C)c1. The Labute approximate surface area is 109 Å². The summed E-state index contributed by atoms with van der Waals surface area (Å²) in [5, 5.41) is 10.9. The Morgan fingerprint density at radius 3 is 2.72 bits per heavy atom. The van der Waals surface area contributed by atoms with Crippen molar-refractivity contribution in [2.24, 2.45) is 0 Å². The van der Waals surface area contributed by atoms with Gasteiger partial charge in [-0.1, -0.05) is 6.07 Å². The van der Waals surface area contributed by atoms with Crippen LogP contribution in [0.2, 0.25) is 0 Å². The summed E-state index contributed by atoms with van der Waals surface area (Å²) in [6, 6.07) is 5.95. The van der Waals surface area contributed by atoms with Crippen molar-refractivity contribution in [1.29, 1.82) is 0 Å². The van der Waals surface area contributed by atoms with Crippen molar-refractivity contribution in [3.8, 4) is 5.75 Å². The number of rotatable bonds is 2. The van der Waals surface area contributed by atoms with Gasteiger partial charge in [0.05, 0.1) is 12.7 Å². The van der Waals surface area contributed by atoms with E-state index in [9.17, 15) is 5.11 Å². The van der Waals surface area contributed by atoms with E-state index < -0.39 is 5.60 Å². The lowest BCUT2D eigenvalue weighted by atomic mass is 9.84. The Hall–Kier alpha value is -1.06. The molecule has 0 aliphatic carbocycles. The monoisotopic (exact) mass is 249 g/mol. The molecule has 1 aliphatic rings. The van der Waals surface area contributed by atoms with E-state index in [1.807, 2.05) is 25.1 Å². The zero-order chi connectivity index (χ0) is 13.2. The highest BCUT2D eigenvalue weighted by atomic mass is 16.5. The Balaban J connectivity index is 2.28. The molecule has 0 spiro atoms. The van der Waals surface area contributed by atoms with Gasteiger partial charge in [-0.05, 0) is 63.0 Å². The van der Waals surface area contributed by atoms with Gasteiger partial charge in [-0.3, -0.25) is 0 Å². The van der Waals surface area contributed by atoms with Gasteiger partial charge in [-0.15, -0.1) is 0 Å². The van der Waals surface area contributed by atoms with Crippen LogP contribution in [-0.4, -0.2) is 37.3 Å². The molecule has 0 radical (unpaired) electrons. The lowest BCUT2D eigenvalue weighted by Crippen LogP contribution is -2.28. The molecule has 1 aromatic carbocycles. The highest BCUT2D eigenvalue weighted by Gasteiger charge is 2.32. The number of aliphatic hydroxyl groups is 1. The van der Waals surface area contributed by atoms with Crippen LogP contribution in [0.3, 0.4) is 0 Å². The third-order valence-corrected chi connectivity index (χ3v) is 3.97. The summed E-state index contributed by atoms with van der Waals surface area (Å²) in [5.41, 5.74) is 1.49. The average molecular weight is 249 g/mol. The largest absolute Gasteiger partial charge is 0.497 e. The number of benzene rings is 1. The molecule has 0 amide bonds. The van der Waals surface area contributed by atoms with E-state index in [2.05, 4.69) is 11.9 Å². The van der Waals surface area contributed by atoms with E-state index >= 15 is 0 Å². The van der Waals surface area contributed by atoms with E-state index in [1.54, 1.807) is 7.11 Å². The molecule has 3 nitrogen and oxygen atoms in total. The number of methoxy groups -OCH3 is 1. The van der Waals surface area contributed by atoms with Crippen molar-refractivity contribution in [1.82, 2.24) is 4.90 Å². The van der Waals surface area contributed by atoms with Crippen molar-refractivity contribution in [2.75, 3.05) is 27.2 Å². The number of ether oxygens (including phenoxy) is 1. The molecule has 1 aromatic rings. The Bertz CT molecular complexity index is 419. The Morgan fingerprint density at radius 2 is 2.06 bits per heavy atom. The summed E-state index contributed by atoms with van der Waals surface area (Å²) >= 11 is 0. The van der Waals surface area contributed by atoms with Crippen molar-refractivity contribution >= 4 is 0 Å². The average Bonchev–Trinajstić information content (AvgIpc) is 2.52. The van der Waals surface area contributed by atoms with E-state index in [-0.39, 0.29) is 0 Å². The molecule has 1 fully saturated rings. The molecule has 0 bridgehead atoms. The molecule has 2 rings (SSSR count). The van der Waals surface area contributed by atoms with Crippen LogP contribution in [0.1, 0.15) is 30.4 Å². The quantitative estimate of drug-likeness (QED) is 0.873. The maximum atomic E-state index is 10.9. The van der Waals surface area contributed by atoms with Crippen LogP contribution in [-0.2, 0) is 5.60 Å². The molecule has 1 heterocycles. The highest BCUT2D eigenvalue weighted by Crippen LogP contribution is 2.35. The number of hydrogen-bond donors (Lipinski definition) is 1. The fourth-order valence-corrected chi connectivity index (χ4v) is 2.81. The van der Waals surface area contributed by atoms with Gasteiger partial charge in [-0.2, -0.15) is 0 Å². The van der Waals surface area contributed by atoms with Crippen LogP contribution in [0.15, 0.2) is 18.2 Å². The minimum absolute atomic E-state index is 0.679. The lowest BCUT2D eigenvalue weighted by molar-refractivity contribution is 0.0212. The third kappa shape index (κ3) is 2.68. The first-order valence-electron chi connectivity index (χ1n) is 6.61. The van der Waals surface area contributed by atoms with Gasteiger partial charge in [0.25, 0.3) is 0 Å². The topological polar surface area (TPSA) is 32.7 Å². The van der Waals surface area contributed by atoms with E-state index in [0.29, 0.717) is 0 Å². The normalized spacial score (nSPS) is 25.8. The van der Waals surface area contributed by atoms with E-state index in [1.165, 1.54) is 0 Å². The highest BCUT2D eigenvalue weighted by molar-refractivity contribution is 5.38. The Kier molecular flexibility index (Phi) is 3.93. The first-order chi connectivity index (χ1) is 8.55. The van der Waals surface area contributed by atoms with Gasteiger partial charge in [0.2, 0.25) is 0 Å². The van der Waals surface area contributed by atoms with Crippen LogP contribution in [0.5, 0.6) is 5.75 Å². The van der Waals surface area contributed by atoms with Gasteiger partial charge in [0.15, 0.2) is 0 Å². The second kappa shape index (κ2) is 5.29. The van der Waals surface area contributed by atoms with E-state index in [4.69, 9.17) is 4.74 Å². The molecule has 100 valence electrons. The van der Waals surface area contributed by atoms with Crippen LogP contribution >= 0.6 is 0 Å². The zero-order valence-electron chi connectivity index (χ0n) is 11.6. The summed E-state index contributed by atoms with van der Waals surface area (Å²) in [6.45, 7) is 4.06. The van der Waals surface area contributed by atoms with Crippen LogP contribution in [0.4, 0.5) is 0 Å². The standard InChI is InChI=1S/C15H23NO2/c1-12-11-13(18-3)5-6-14(12)15(17)7-4-9-16(2)10-8-15/h5-6,11,17H,4,7-10H2,1-3H3. The molecular formula is C15H23NO2. The van der Waals surface area contributed by atoms with Crippen LogP contribution in [0, 0.1) is 6.92 Å². The number of hydrogen-bond acceptors (Lipinski definition) is 3. The Morgan fingerprint density at radius 1 is 1.28 bits per heavy atom. The smallest absolute Gasteiger partial charge is 0.119 e. The molecule has 0 saturated carbocycles. The predicted octanol–water partition coefficient (Wildman–Crippen LogP) is 2.31. The fraction of sp³-hybridized carbons (Fsp3) is 0.600. The maximum Gasteiger partial charge on any atom is 0.119 e. The maximum absolute atomic E-state index is 10.9. The molecule has 1 atom stereocenters. The second-order valence-electron chi connectivity index (χ2n) is 5.37. The molecular weight excluding hydrogens is 226 g/mol. The second-order valence-corrected chi connectivity index (χ2v) is 5.37. The molecule has 1 N–H and O–H groups in total. The molecule has 0 aromatic heterocycles. The minimum Gasteiger partial charge on any atom is -0.497 e. The van der Waals surface area contributed by atoms with E-state index in [0.717, 1.165) is 49.2 Å². The van der Waals surface area contributed by atoms with Gasteiger partial charge >= 0.3 is 0 Å². The fourth-order valence-electron chi connectivity index (χ4n) is 2.81. The van der Waals surface area contributed by atoms with Gasteiger partial charge in [-0.25, -0.2) is 0 Å². The van der Waals surface area contributed by atoms with Gasteiger partial charge in [0, 0.05) is 6.54 Å². The number of aryl methyl sites for hydroxylation is 1. The lowest BCUT2D eigenvalue weighted by Gasteiger charge is -2.29. The molecule has 3 heteroatoms. The van der Waals surface area contributed by atoms with Gasteiger partial charge in [0.1, 0.15) is 5.75 Å². The van der Waals surface area contributed by atoms with Crippen molar-refractivity contribution in [3.05, 3.63) is 29.3 Å². The molecule has 1 aliphatic heterocycles. The number of likely N-dealkylation sites (tertiary alicyclic amines) is 1. The third-order valence-electron chi connectivity index (χ3n) is 3.97. The molecule has 1 saturated heterocycles.